The molecule has 1 fully saturated rings. The van der Waals surface area contributed by atoms with Crippen molar-refractivity contribution in [2.24, 2.45) is 5.92 Å². The number of nitro benzene ring substituents is 1. The molecule has 1 aliphatic heterocycles. The van der Waals surface area contributed by atoms with Crippen LogP contribution in [0.25, 0.3) is 0 Å². The van der Waals surface area contributed by atoms with E-state index < -0.39 is 27.4 Å². The van der Waals surface area contributed by atoms with Crippen molar-refractivity contribution in [1.82, 2.24) is 4.90 Å². The maximum Gasteiger partial charge on any atom is 0.309 e. The van der Waals surface area contributed by atoms with E-state index in [0.29, 0.717) is 12.8 Å². The lowest BCUT2D eigenvalue weighted by molar-refractivity contribution is -0.384. The van der Waals surface area contributed by atoms with Gasteiger partial charge in [-0.1, -0.05) is 0 Å². The highest BCUT2D eigenvalue weighted by molar-refractivity contribution is 7.92. The topological polar surface area (TPSA) is 136 Å². The number of ether oxygens (including phenoxy) is 2. The van der Waals surface area contributed by atoms with Gasteiger partial charge in [-0.25, -0.2) is 8.42 Å². The van der Waals surface area contributed by atoms with Gasteiger partial charge in [0.2, 0.25) is 15.9 Å². The normalized spacial score (nSPS) is 14.8. The Morgan fingerprint density at radius 2 is 1.93 bits per heavy atom. The predicted octanol–water partition coefficient (Wildman–Crippen LogP) is 1.17. The zero-order valence-corrected chi connectivity index (χ0v) is 17.9. The molecular weight excluding hydrogens is 418 g/mol. The summed E-state index contributed by atoms with van der Waals surface area (Å²) in [6, 6.07) is 3.52. The highest BCUT2D eigenvalue weighted by Gasteiger charge is 2.31. The molecule has 0 aliphatic carbocycles. The number of nitrogens with zero attached hydrogens (tertiary/aromatic N) is 3. The summed E-state index contributed by atoms with van der Waals surface area (Å²) in [6.07, 6.45) is 1.75. The third kappa shape index (κ3) is 5.59. The number of sulfonamides is 1. The number of carbonyl (C=O) groups is 2. The Morgan fingerprint density at radius 3 is 2.43 bits per heavy atom. The molecule has 30 heavy (non-hydrogen) atoms. The Morgan fingerprint density at radius 1 is 1.30 bits per heavy atom. The highest BCUT2D eigenvalue weighted by atomic mass is 32.2. The third-order valence-electron chi connectivity index (χ3n) is 4.79. The summed E-state index contributed by atoms with van der Waals surface area (Å²) in [7, 11) is -2.65. The monoisotopic (exact) mass is 443 g/mol. The van der Waals surface area contributed by atoms with Crippen LogP contribution in [0, 0.1) is 16.0 Å². The lowest BCUT2D eigenvalue weighted by atomic mass is 9.97. The first-order valence-corrected chi connectivity index (χ1v) is 11.2. The molecule has 2 rings (SSSR count). The van der Waals surface area contributed by atoms with Crippen LogP contribution in [-0.4, -0.2) is 69.7 Å². The van der Waals surface area contributed by atoms with Gasteiger partial charge in [-0.15, -0.1) is 0 Å². The van der Waals surface area contributed by atoms with Gasteiger partial charge in [0.15, 0.2) is 0 Å². The number of hydrogen-bond acceptors (Lipinski definition) is 8. The van der Waals surface area contributed by atoms with Crippen molar-refractivity contribution in [2.75, 3.05) is 43.9 Å². The first kappa shape index (κ1) is 23.4. The van der Waals surface area contributed by atoms with Crippen LogP contribution in [0.1, 0.15) is 19.8 Å². The minimum absolute atomic E-state index is 0.0832. The minimum atomic E-state index is -3.95. The zero-order valence-electron chi connectivity index (χ0n) is 17.1. The number of hydrogen-bond donors (Lipinski definition) is 0. The molecule has 0 saturated carbocycles. The van der Waals surface area contributed by atoms with Crippen molar-refractivity contribution < 1.29 is 32.4 Å². The average Bonchev–Trinajstić information content (AvgIpc) is 2.70. The van der Waals surface area contributed by atoms with Crippen LogP contribution in [-0.2, 0) is 24.3 Å². The van der Waals surface area contributed by atoms with Gasteiger partial charge in [0, 0.05) is 25.2 Å². The van der Waals surface area contributed by atoms with Gasteiger partial charge in [-0.3, -0.25) is 24.0 Å². The van der Waals surface area contributed by atoms with E-state index in [-0.39, 0.29) is 48.7 Å². The summed E-state index contributed by atoms with van der Waals surface area (Å²) in [6.45, 7) is 2.03. The molecule has 1 saturated heterocycles. The Hall–Kier alpha value is -2.89. The van der Waals surface area contributed by atoms with Crippen LogP contribution < -0.4 is 9.04 Å². The van der Waals surface area contributed by atoms with Gasteiger partial charge in [-0.05, 0) is 25.8 Å². The van der Waals surface area contributed by atoms with Gasteiger partial charge in [0.1, 0.15) is 18.0 Å². The summed E-state index contributed by atoms with van der Waals surface area (Å²) in [5.74, 6) is -0.989. The van der Waals surface area contributed by atoms with E-state index >= 15 is 0 Å². The molecule has 166 valence electrons. The van der Waals surface area contributed by atoms with E-state index in [4.69, 9.17) is 9.47 Å². The lowest BCUT2D eigenvalue weighted by Gasteiger charge is -2.33. The standard InChI is InChI=1S/C18H25N3O8S/c1-4-29-18(23)13-7-9-19(10-8-13)17(22)12-20(30(3,26)27)15-11-14(21(24)25)5-6-16(15)28-2/h5-6,11,13H,4,7-10,12H2,1-3H3. The van der Waals surface area contributed by atoms with Crippen molar-refractivity contribution >= 4 is 33.3 Å². The van der Waals surface area contributed by atoms with Crippen LogP contribution in [0.3, 0.4) is 0 Å². The second-order valence-corrected chi connectivity index (χ2v) is 8.70. The molecule has 1 aromatic carbocycles. The second-order valence-electron chi connectivity index (χ2n) is 6.79. The molecule has 0 aromatic heterocycles. The van der Waals surface area contributed by atoms with Gasteiger partial charge in [0.05, 0.1) is 30.8 Å². The lowest BCUT2D eigenvalue weighted by Crippen LogP contribution is -2.46. The number of piperidine rings is 1. The summed E-state index contributed by atoms with van der Waals surface area (Å²) in [5, 5.41) is 11.1. The molecule has 1 aromatic rings. The Balaban J connectivity index is 2.21. The molecule has 0 radical (unpaired) electrons. The molecule has 0 unspecified atom stereocenters. The summed E-state index contributed by atoms with van der Waals surface area (Å²) in [5.41, 5.74) is -0.425. The number of non-ortho nitro benzene ring substituents is 1. The minimum Gasteiger partial charge on any atom is -0.495 e. The molecule has 1 aliphatic rings. The van der Waals surface area contributed by atoms with E-state index in [1.54, 1.807) is 6.92 Å². The Bertz CT molecular complexity index is 910. The Labute approximate surface area is 174 Å². The van der Waals surface area contributed by atoms with Gasteiger partial charge < -0.3 is 14.4 Å². The summed E-state index contributed by atoms with van der Waals surface area (Å²) in [4.78, 5) is 36.5. The molecular formula is C18H25N3O8S. The fraction of sp³-hybridized carbons (Fsp3) is 0.556. The Kier molecular flexibility index (Phi) is 7.59. The van der Waals surface area contributed by atoms with Crippen molar-refractivity contribution in [3.8, 4) is 5.75 Å². The number of likely N-dealkylation sites (tertiary alicyclic amines) is 1. The van der Waals surface area contributed by atoms with E-state index in [9.17, 15) is 28.1 Å². The number of nitro groups is 1. The number of benzene rings is 1. The van der Waals surface area contributed by atoms with Crippen LogP contribution in [0.5, 0.6) is 5.75 Å². The molecule has 0 N–H and O–H groups in total. The fourth-order valence-electron chi connectivity index (χ4n) is 3.22. The molecule has 0 atom stereocenters. The van der Waals surface area contributed by atoms with Crippen LogP contribution in [0.15, 0.2) is 18.2 Å². The van der Waals surface area contributed by atoms with Crippen LogP contribution >= 0.6 is 0 Å². The van der Waals surface area contributed by atoms with E-state index in [1.165, 1.54) is 24.1 Å². The molecule has 0 spiro atoms. The number of esters is 1. The average molecular weight is 443 g/mol. The highest BCUT2D eigenvalue weighted by Crippen LogP contribution is 2.33. The first-order valence-electron chi connectivity index (χ1n) is 9.33. The molecule has 1 heterocycles. The van der Waals surface area contributed by atoms with Crippen molar-refractivity contribution in [3.05, 3.63) is 28.3 Å². The maximum absolute atomic E-state index is 12.8. The molecule has 0 bridgehead atoms. The maximum atomic E-state index is 12.8. The molecule has 12 heteroatoms. The van der Waals surface area contributed by atoms with Crippen LogP contribution in [0.2, 0.25) is 0 Å². The number of methoxy groups -OCH3 is 1. The SMILES string of the molecule is CCOC(=O)C1CCN(C(=O)CN(c2cc([N+](=O)[O-])ccc2OC)S(C)(=O)=O)CC1. The van der Waals surface area contributed by atoms with E-state index in [0.717, 1.165) is 16.6 Å². The van der Waals surface area contributed by atoms with E-state index in [2.05, 4.69) is 0 Å². The van der Waals surface area contributed by atoms with Crippen molar-refractivity contribution in [2.45, 2.75) is 19.8 Å². The molecule has 1 amide bonds. The fourth-order valence-corrected chi connectivity index (χ4v) is 4.06. The quantitative estimate of drug-likeness (QED) is 0.332. The molecule has 11 nitrogen and oxygen atoms in total. The smallest absolute Gasteiger partial charge is 0.309 e. The number of anilines is 1. The van der Waals surface area contributed by atoms with Crippen molar-refractivity contribution in [3.63, 3.8) is 0 Å². The largest absolute Gasteiger partial charge is 0.495 e. The van der Waals surface area contributed by atoms with E-state index in [1.807, 2.05) is 0 Å². The number of rotatable bonds is 8. The predicted molar refractivity (Wildman–Crippen MR) is 108 cm³/mol. The number of carbonyl (C=O) groups excluding carboxylic acids is 2. The summed E-state index contributed by atoms with van der Waals surface area (Å²) >= 11 is 0. The number of amides is 1. The van der Waals surface area contributed by atoms with Crippen molar-refractivity contribution in [1.29, 1.82) is 0 Å². The van der Waals surface area contributed by atoms with Gasteiger partial charge >= 0.3 is 5.97 Å². The summed E-state index contributed by atoms with van der Waals surface area (Å²) < 4.78 is 35.7. The van der Waals surface area contributed by atoms with Crippen LogP contribution in [0.4, 0.5) is 11.4 Å². The van der Waals surface area contributed by atoms with Gasteiger partial charge in [-0.2, -0.15) is 0 Å². The zero-order chi connectivity index (χ0) is 22.5. The van der Waals surface area contributed by atoms with Gasteiger partial charge in [0.25, 0.3) is 5.69 Å². The third-order valence-corrected chi connectivity index (χ3v) is 5.92. The second kappa shape index (κ2) is 9.74. The first-order chi connectivity index (χ1) is 14.1.